The lowest BCUT2D eigenvalue weighted by Gasteiger charge is -2.29. The van der Waals surface area contributed by atoms with Crippen LogP contribution in [-0.4, -0.2) is 58.6 Å². The Kier molecular flexibility index (Phi) is 6.78. The van der Waals surface area contributed by atoms with Crippen LogP contribution in [0.15, 0.2) is 6.20 Å². The number of nitrogens with zero attached hydrogens (tertiary/aromatic N) is 2. The molecular weight excluding hydrogens is 353 g/mol. The van der Waals surface area contributed by atoms with Gasteiger partial charge < -0.3 is 26.2 Å². The fourth-order valence-corrected chi connectivity index (χ4v) is 3.79. The van der Waals surface area contributed by atoms with Crippen molar-refractivity contribution in [2.75, 3.05) is 23.9 Å². The van der Waals surface area contributed by atoms with Crippen LogP contribution in [0.3, 0.4) is 0 Å². The lowest BCUT2D eigenvalue weighted by atomic mass is 9.93. The molecule has 0 saturated heterocycles. The van der Waals surface area contributed by atoms with Gasteiger partial charge in [0, 0.05) is 12.2 Å². The van der Waals surface area contributed by atoms with Gasteiger partial charge in [-0.3, -0.25) is 4.79 Å². The lowest BCUT2D eigenvalue weighted by Crippen LogP contribution is -2.32. The highest BCUT2D eigenvalue weighted by Crippen LogP contribution is 2.26. The molecule has 0 bridgehead atoms. The van der Waals surface area contributed by atoms with E-state index < -0.39 is 18.7 Å². The standard InChI is InChI=1S/C18H28FN5O3/c19-8-9-27-12-6-4-11(5-7-12)22-18-21-10-13(16(20)26)17(24-18)23-14-2-1-3-15(14)25/h10-12,14-15,25H,1-9H2,(H2,20,26)(H2,21,22,23,24)/t11?,12?,14-,15-/m0/s1. The second-order valence-electron chi connectivity index (χ2n) is 7.25. The van der Waals surface area contributed by atoms with Gasteiger partial charge in [-0.1, -0.05) is 0 Å². The second kappa shape index (κ2) is 9.27. The van der Waals surface area contributed by atoms with E-state index in [2.05, 4.69) is 20.6 Å². The monoisotopic (exact) mass is 381 g/mol. The number of ether oxygens (including phenoxy) is 1. The van der Waals surface area contributed by atoms with E-state index in [1.807, 2.05) is 0 Å². The summed E-state index contributed by atoms with van der Waals surface area (Å²) in [6.45, 7) is -0.299. The molecule has 2 saturated carbocycles. The quantitative estimate of drug-likeness (QED) is 0.539. The molecule has 1 aromatic rings. The van der Waals surface area contributed by atoms with Crippen molar-refractivity contribution in [3.05, 3.63) is 11.8 Å². The number of amides is 1. The zero-order valence-electron chi connectivity index (χ0n) is 15.4. The van der Waals surface area contributed by atoms with Crippen molar-refractivity contribution < 1.29 is 19.0 Å². The summed E-state index contributed by atoms with van der Waals surface area (Å²) in [6.07, 6.45) is 7.00. The maximum absolute atomic E-state index is 12.2. The van der Waals surface area contributed by atoms with Gasteiger partial charge >= 0.3 is 0 Å². The SMILES string of the molecule is NC(=O)c1cnc(NC2CCC(OCCF)CC2)nc1N[C@H]1CCC[C@@H]1O. The fourth-order valence-electron chi connectivity index (χ4n) is 3.79. The number of rotatable bonds is 8. The highest BCUT2D eigenvalue weighted by atomic mass is 19.1. The van der Waals surface area contributed by atoms with Gasteiger partial charge in [-0.05, 0) is 44.9 Å². The molecule has 2 aliphatic rings. The molecule has 0 radical (unpaired) electrons. The minimum absolute atomic E-state index is 0.109. The molecule has 2 atom stereocenters. The van der Waals surface area contributed by atoms with E-state index in [9.17, 15) is 14.3 Å². The van der Waals surface area contributed by atoms with Gasteiger partial charge in [0.1, 0.15) is 12.5 Å². The number of aliphatic hydroxyl groups is 1. The number of alkyl halides is 1. The summed E-state index contributed by atoms with van der Waals surface area (Å²) in [5, 5.41) is 16.5. The Labute approximate surface area is 158 Å². The number of anilines is 2. The van der Waals surface area contributed by atoms with Crippen LogP contribution < -0.4 is 16.4 Å². The Morgan fingerprint density at radius 2 is 2.04 bits per heavy atom. The molecule has 8 nitrogen and oxygen atoms in total. The van der Waals surface area contributed by atoms with Gasteiger partial charge in [0.25, 0.3) is 5.91 Å². The van der Waals surface area contributed by atoms with Gasteiger partial charge in [-0.25, -0.2) is 9.37 Å². The maximum atomic E-state index is 12.2. The molecule has 150 valence electrons. The third-order valence-electron chi connectivity index (χ3n) is 5.29. The molecule has 1 amide bonds. The first-order valence-corrected chi connectivity index (χ1v) is 9.62. The molecule has 2 fully saturated rings. The summed E-state index contributed by atoms with van der Waals surface area (Å²) in [7, 11) is 0. The highest BCUT2D eigenvalue weighted by Gasteiger charge is 2.27. The number of aliphatic hydroxyl groups excluding tert-OH is 1. The largest absolute Gasteiger partial charge is 0.391 e. The first-order chi connectivity index (χ1) is 13.1. The topological polar surface area (TPSA) is 122 Å². The molecule has 2 aliphatic carbocycles. The molecule has 0 aliphatic heterocycles. The van der Waals surface area contributed by atoms with Crippen LogP contribution in [0.5, 0.6) is 0 Å². The first-order valence-electron chi connectivity index (χ1n) is 9.62. The smallest absolute Gasteiger partial charge is 0.254 e. The van der Waals surface area contributed by atoms with E-state index in [0.29, 0.717) is 11.8 Å². The Balaban J connectivity index is 1.62. The Hall–Kier alpha value is -2.00. The van der Waals surface area contributed by atoms with Crippen LogP contribution in [0.25, 0.3) is 0 Å². The molecule has 0 aromatic carbocycles. The third-order valence-corrected chi connectivity index (χ3v) is 5.29. The van der Waals surface area contributed by atoms with Crippen LogP contribution in [0.4, 0.5) is 16.2 Å². The molecule has 9 heteroatoms. The van der Waals surface area contributed by atoms with E-state index in [4.69, 9.17) is 10.5 Å². The zero-order valence-corrected chi connectivity index (χ0v) is 15.4. The molecule has 0 spiro atoms. The van der Waals surface area contributed by atoms with Crippen molar-refractivity contribution >= 4 is 17.7 Å². The van der Waals surface area contributed by atoms with E-state index >= 15 is 0 Å². The molecule has 3 rings (SSSR count). The normalized spacial score (nSPS) is 28.1. The average molecular weight is 381 g/mol. The number of hydrogen-bond acceptors (Lipinski definition) is 7. The van der Waals surface area contributed by atoms with Gasteiger partial charge in [0.05, 0.1) is 30.4 Å². The predicted molar refractivity (Wildman–Crippen MR) is 99.4 cm³/mol. The van der Waals surface area contributed by atoms with Crippen LogP contribution in [-0.2, 0) is 4.74 Å². The van der Waals surface area contributed by atoms with Crippen molar-refractivity contribution in [2.45, 2.75) is 69.2 Å². The predicted octanol–water partition coefficient (Wildman–Crippen LogP) is 1.61. The summed E-state index contributed by atoms with van der Waals surface area (Å²) < 4.78 is 17.7. The minimum Gasteiger partial charge on any atom is -0.391 e. The van der Waals surface area contributed by atoms with Crippen molar-refractivity contribution in [1.29, 1.82) is 0 Å². The van der Waals surface area contributed by atoms with Crippen LogP contribution >= 0.6 is 0 Å². The van der Waals surface area contributed by atoms with Crippen molar-refractivity contribution in [3.8, 4) is 0 Å². The van der Waals surface area contributed by atoms with Gasteiger partial charge in [-0.15, -0.1) is 0 Å². The zero-order chi connectivity index (χ0) is 19.2. The highest BCUT2D eigenvalue weighted by molar-refractivity contribution is 5.97. The van der Waals surface area contributed by atoms with Crippen LogP contribution in [0.2, 0.25) is 0 Å². The molecule has 5 N–H and O–H groups in total. The van der Waals surface area contributed by atoms with Crippen LogP contribution in [0.1, 0.15) is 55.3 Å². The van der Waals surface area contributed by atoms with E-state index in [1.54, 1.807) is 0 Å². The minimum atomic E-state index is -0.609. The number of nitrogens with two attached hydrogens (primary N) is 1. The number of aromatic nitrogens is 2. The number of nitrogens with one attached hydrogen (secondary N) is 2. The lowest BCUT2D eigenvalue weighted by molar-refractivity contribution is 0.0195. The summed E-state index contributed by atoms with van der Waals surface area (Å²) in [4.78, 5) is 20.3. The number of hydrogen-bond donors (Lipinski definition) is 4. The van der Waals surface area contributed by atoms with Crippen molar-refractivity contribution in [3.63, 3.8) is 0 Å². The molecule has 1 heterocycles. The molecule has 1 aromatic heterocycles. The number of halogens is 1. The Morgan fingerprint density at radius 3 is 2.67 bits per heavy atom. The number of carbonyl (C=O) groups excluding carboxylic acids is 1. The third kappa shape index (κ3) is 5.26. The average Bonchev–Trinajstić information content (AvgIpc) is 3.06. The van der Waals surface area contributed by atoms with Crippen LogP contribution in [0, 0.1) is 0 Å². The second-order valence-corrected chi connectivity index (χ2v) is 7.25. The molecule has 27 heavy (non-hydrogen) atoms. The van der Waals surface area contributed by atoms with Crippen molar-refractivity contribution in [1.82, 2.24) is 9.97 Å². The van der Waals surface area contributed by atoms with E-state index in [-0.39, 0.29) is 30.4 Å². The van der Waals surface area contributed by atoms with Gasteiger partial charge in [-0.2, -0.15) is 4.98 Å². The van der Waals surface area contributed by atoms with E-state index in [0.717, 1.165) is 44.9 Å². The summed E-state index contributed by atoms with van der Waals surface area (Å²) >= 11 is 0. The summed E-state index contributed by atoms with van der Waals surface area (Å²) in [5.41, 5.74) is 5.64. The molecule has 0 unspecified atom stereocenters. The van der Waals surface area contributed by atoms with Gasteiger partial charge in [0.2, 0.25) is 5.95 Å². The van der Waals surface area contributed by atoms with Gasteiger partial charge in [0.15, 0.2) is 0 Å². The summed E-state index contributed by atoms with van der Waals surface area (Å²) in [5.74, 6) is 0.163. The first kappa shape index (κ1) is 19.8. The Bertz CT molecular complexity index is 639. The Morgan fingerprint density at radius 1 is 1.26 bits per heavy atom. The van der Waals surface area contributed by atoms with Crippen molar-refractivity contribution in [2.24, 2.45) is 5.73 Å². The van der Waals surface area contributed by atoms with E-state index in [1.165, 1.54) is 6.20 Å². The number of carbonyl (C=O) groups is 1. The maximum Gasteiger partial charge on any atom is 0.254 e. The number of primary amides is 1. The fraction of sp³-hybridized carbons (Fsp3) is 0.722. The summed E-state index contributed by atoms with van der Waals surface area (Å²) in [6, 6.07) is 0.0496. The molecular formula is C18H28FN5O3.